The normalized spacial score (nSPS) is 35.3. The fraction of sp³-hybridized carbons (Fsp3) is 0.286. The van der Waals surface area contributed by atoms with Crippen molar-refractivity contribution in [3.05, 3.63) is 41.4 Å². The van der Waals surface area contributed by atoms with E-state index < -0.39 is 11.8 Å². The second-order valence-corrected chi connectivity index (χ2v) is 5.37. The first-order chi connectivity index (χ1) is 9.18. The Morgan fingerprint density at radius 2 is 1.58 bits per heavy atom. The van der Waals surface area contributed by atoms with Crippen LogP contribution in [0.2, 0.25) is 5.02 Å². The van der Waals surface area contributed by atoms with E-state index in [0.29, 0.717) is 10.7 Å². The zero-order valence-electron chi connectivity index (χ0n) is 9.82. The molecule has 4 atom stereocenters. The first kappa shape index (κ1) is 11.2. The van der Waals surface area contributed by atoms with E-state index >= 15 is 0 Å². The van der Waals surface area contributed by atoms with Gasteiger partial charge in [0.2, 0.25) is 11.8 Å². The van der Waals surface area contributed by atoms with Gasteiger partial charge in [0.25, 0.3) is 0 Å². The third-order valence-corrected chi connectivity index (χ3v) is 4.32. The fourth-order valence-electron chi connectivity index (χ4n) is 3.17. The molecule has 3 heterocycles. The van der Waals surface area contributed by atoms with Gasteiger partial charge in [-0.25, -0.2) is 4.90 Å². The highest BCUT2D eigenvalue weighted by atomic mass is 35.5. The lowest BCUT2D eigenvalue weighted by Gasteiger charge is -2.18. The van der Waals surface area contributed by atoms with E-state index in [4.69, 9.17) is 16.3 Å². The molecule has 2 fully saturated rings. The van der Waals surface area contributed by atoms with Crippen LogP contribution in [-0.2, 0) is 14.3 Å². The van der Waals surface area contributed by atoms with Crippen molar-refractivity contribution >= 4 is 29.1 Å². The standard InChI is InChI=1S/C14H10ClNO3/c15-7-3-1-2-4-8(7)16-13(17)11-9-5-6-10(19-9)12(11)14(16)18/h1-6,9-12H/t9-,10-,11+,12+/m1/s1. The zero-order chi connectivity index (χ0) is 13.1. The zero-order valence-corrected chi connectivity index (χ0v) is 10.6. The van der Waals surface area contributed by atoms with Gasteiger partial charge in [-0.2, -0.15) is 0 Å². The average molecular weight is 276 g/mol. The SMILES string of the molecule is O=C1[C@@H]2[C@@H](C(=O)N1c1ccccc1Cl)[C@H]1C=C[C@H]2O1. The Hall–Kier alpha value is -1.65. The first-order valence-electron chi connectivity index (χ1n) is 6.14. The summed E-state index contributed by atoms with van der Waals surface area (Å²) < 4.78 is 5.58. The van der Waals surface area contributed by atoms with Gasteiger partial charge in [-0.3, -0.25) is 9.59 Å². The van der Waals surface area contributed by atoms with Crippen molar-refractivity contribution in [3.63, 3.8) is 0 Å². The van der Waals surface area contributed by atoms with Crippen LogP contribution >= 0.6 is 11.6 Å². The Bertz CT molecular complexity index is 597. The van der Waals surface area contributed by atoms with Crippen LogP contribution in [0.5, 0.6) is 0 Å². The van der Waals surface area contributed by atoms with Crippen molar-refractivity contribution in [3.8, 4) is 0 Å². The van der Waals surface area contributed by atoms with E-state index in [1.54, 1.807) is 24.3 Å². The second-order valence-electron chi connectivity index (χ2n) is 4.97. The summed E-state index contributed by atoms with van der Waals surface area (Å²) in [5.41, 5.74) is 0.466. The van der Waals surface area contributed by atoms with E-state index in [0.717, 1.165) is 0 Å². The van der Waals surface area contributed by atoms with Gasteiger partial charge in [-0.1, -0.05) is 35.9 Å². The number of rotatable bonds is 1. The number of benzene rings is 1. The van der Waals surface area contributed by atoms with Gasteiger partial charge in [0.1, 0.15) is 0 Å². The molecule has 0 aromatic heterocycles. The predicted molar refractivity (Wildman–Crippen MR) is 68.7 cm³/mol. The molecular formula is C14H10ClNO3. The summed E-state index contributed by atoms with van der Waals surface area (Å²) in [4.78, 5) is 26.2. The van der Waals surface area contributed by atoms with Crippen LogP contribution in [0, 0.1) is 11.8 Å². The maximum absolute atomic E-state index is 12.5. The number of nitrogens with zero attached hydrogens (tertiary/aromatic N) is 1. The van der Waals surface area contributed by atoms with Crippen LogP contribution in [-0.4, -0.2) is 24.0 Å². The number of para-hydroxylation sites is 1. The summed E-state index contributed by atoms with van der Waals surface area (Å²) in [5.74, 6) is -1.20. The van der Waals surface area contributed by atoms with Crippen LogP contribution in [0.1, 0.15) is 0 Å². The van der Waals surface area contributed by atoms with Crippen molar-refractivity contribution in [2.75, 3.05) is 4.90 Å². The van der Waals surface area contributed by atoms with Gasteiger partial charge in [-0.15, -0.1) is 0 Å². The molecule has 0 aliphatic carbocycles. The number of halogens is 1. The quantitative estimate of drug-likeness (QED) is 0.580. The molecule has 1 aromatic carbocycles. The average Bonchev–Trinajstić information content (AvgIpc) is 3.06. The number of ether oxygens (including phenoxy) is 1. The minimum absolute atomic E-state index is 0.208. The predicted octanol–water partition coefficient (Wildman–Crippen LogP) is 1.78. The maximum atomic E-state index is 12.5. The van der Waals surface area contributed by atoms with Gasteiger partial charge in [-0.05, 0) is 12.1 Å². The molecule has 4 rings (SSSR count). The molecule has 0 unspecified atom stereocenters. The topological polar surface area (TPSA) is 46.6 Å². The van der Waals surface area contributed by atoms with Gasteiger partial charge in [0.05, 0.1) is 34.8 Å². The molecule has 2 bridgehead atoms. The van der Waals surface area contributed by atoms with Crippen molar-refractivity contribution in [2.45, 2.75) is 12.2 Å². The Labute approximate surface area is 114 Å². The molecule has 0 radical (unpaired) electrons. The highest BCUT2D eigenvalue weighted by Crippen LogP contribution is 2.47. The number of anilines is 1. The molecule has 96 valence electrons. The number of hydrogen-bond donors (Lipinski definition) is 0. The fourth-order valence-corrected chi connectivity index (χ4v) is 3.39. The Balaban J connectivity index is 1.79. The molecule has 5 heteroatoms. The third kappa shape index (κ3) is 1.33. The third-order valence-electron chi connectivity index (χ3n) is 4.00. The number of imide groups is 1. The van der Waals surface area contributed by atoms with Crippen molar-refractivity contribution in [1.82, 2.24) is 0 Å². The summed E-state index contributed by atoms with van der Waals surface area (Å²) in [7, 11) is 0. The summed E-state index contributed by atoms with van der Waals surface area (Å²) in [6.45, 7) is 0. The number of carbonyl (C=O) groups is 2. The molecule has 2 amide bonds. The van der Waals surface area contributed by atoms with Gasteiger partial charge < -0.3 is 4.74 Å². The van der Waals surface area contributed by atoms with E-state index in [1.807, 2.05) is 12.2 Å². The van der Waals surface area contributed by atoms with E-state index in [9.17, 15) is 9.59 Å². The van der Waals surface area contributed by atoms with Gasteiger partial charge in [0.15, 0.2) is 0 Å². The summed E-state index contributed by atoms with van der Waals surface area (Å²) in [6.07, 6.45) is 3.21. The monoisotopic (exact) mass is 275 g/mol. The molecular weight excluding hydrogens is 266 g/mol. The van der Waals surface area contributed by atoms with Crippen molar-refractivity contribution < 1.29 is 14.3 Å². The Morgan fingerprint density at radius 3 is 2.16 bits per heavy atom. The van der Waals surface area contributed by atoms with Gasteiger partial charge >= 0.3 is 0 Å². The van der Waals surface area contributed by atoms with Crippen molar-refractivity contribution in [2.24, 2.45) is 11.8 Å². The molecule has 1 aromatic rings. The molecule has 0 saturated carbocycles. The van der Waals surface area contributed by atoms with Crippen LogP contribution < -0.4 is 4.90 Å². The molecule has 0 spiro atoms. The van der Waals surface area contributed by atoms with E-state index in [-0.39, 0.29) is 24.0 Å². The molecule has 2 saturated heterocycles. The van der Waals surface area contributed by atoms with E-state index in [1.165, 1.54) is 4.90 Å². The number of carbonyl (C=O) groups excluding carboxylic acids is 2. The maximum Gasteiger partial charge on any atom is 0.240 e. The lowest BCUT2D eigenvalue weighted by atomic mass is 9.85. The van der Waals surface area contributed by atoms with E-state index in [2.05, 4.69) is 0 Å². The summed E-state index contributed by atoms with van der Waals surface area (Å²) in [5, 5.41) is 0.408. The number of amides is 2. The molecule has 4 nitrogen and oxygen atoms in total. The van der Waals surface area contributed by atoms with Crippen LogP contribution in [0.4, 0.5) is 5.69 Å². The Morgan fingerprint density at radius 1 is 1.00 bits per heavy atom. The first-order valence-corrected chi connectivity index (χ1v) is 6.52. The Kier molecular flexibility index (Phi) is 2.17. The smallest absolute Gasteiger partial charge is 0.240 e. The minimum Gasteiger partial charge on any atom is -0.365 e. The summed E-state index contributed by atoms with van der Waals surface area (Å²) >= 11 is 6.09. The van der Waals surface area contributed by atoms with Crippen LogP contribution in [0.3, 0.4) is 0 Å². The number of hydrogen-bond acceptors (Lipinski definition) is 3. The summed E-state index contributed by atoms with van der Waals surface area (Å²) in [6, 6.07) is 6.90. The largest absolute Gasteiger partial charge is 0.365 e. The highest BCUT2D eigenvalue weighted by Gasteiger charge is 2.61. The van der Waals surface area contributed by atoms with Crippen LogP contribution in [0.25, 0.3) is 0 Å². The highest BCUT2D eigenvalue weighted by molar-refractivity contribution is 6.36. The molecule has 0 N–H and O–H groups in total. The van der Waals surface area contributed by atoms with Crippen molar-refractivity contribution in [1.29, 1.82) is 0 Å². The minimum atomic E-state index is -0.390. The molecule has 3 aliphatic heterocycles. The van der Waals surface area contributed by atoms with Crippen LogP contribution in [0.15, 0.2) is 36.4 Å². The lowest BCUT2D eigenvalue weighted by Crippen LogP contribution is -2.34. The molecule has 19 heavy (non-hydrogen) atoms. The second kappa shape index (κ2) is 3.68. The molecule has 3 aliphatic rings. The number of fused-ring (bicyclic) bond motifs is 5. The van der Waals surface area contributed by atoms with Gasteiger partial charge in [0, 0.05) is 0 Å². The lowest BCUT2D eigenvalue weighted by molar-refractivity contribution is -0.124.